The zero-order chi connectivity index (χ0) is 9.56. The zero-order valence-corrected chi connectivity index (χ0v) is 7.62. The molecule has 3 heteroatoms. The Morgan fingerprint density at radius 3 is 2.42 bits per heavy atom. The second-order valence-corrected chi connectivity index (χ2v) is 3.28. The van der Waals surface area contributed by atoms with Gasteiger partial charge in [0.1, 0.15) is 6.29 Å². The van der Waals surface area contributed by atoms with E-state index in [2.05, 4.69) is 0 Å². The van der Waals surface area contributed by atoms with Crippen LogP contribution in [0.4, 0.5) is 0 Å². The molecule has 3 nitrogen and oxygen atoms in total. The first-order valence-corrected chi connectivity index (χ1v) is 4.26. The van der Waals surface area contributed by atoms with E-state index in [0.717, 1.165) is 19.1 Å². The summed E-state index contributed by atoms with van der Waals surface area (Å²) in [6.07, 6.45) is 3.17. The molecule has 2 unspecified atom stereocenters. The minimum atomic E-state index is -0.756. The van der Waals surface area contributed by atoms with Crippen LogP contribution >= 0.6 is 0 Å². The topological polar surface area (TPSA) is 54.4 Å². The van der Waals surface area contributed by atoms with Gasteiger partial charge in [0, 0.05) is 5.92 Å². The largest absolute Gasteiger partial charge is 0.481 e. The molecular formula is C9H16O3. The minimum absolute atomic E-state index is 0.0611. The van der Waals surface area contributed by atoms with Crippen molar-refractivity contribution < 1.29 is 14.7 Å². The van der Waals surface area contributed by atoms with Crippen LogP contribution in [0.1, 0.15) is 33.1 Å². The monoisotopic (exact) mass is 172 g/mol. The van der Waals surface area contributed by atoms with Crippen molar-refractivity contribution in [2.75, 3.05) is 0 Å². The highest BCUT2D eigenvalue weighted by Gasteiger charge is 2.10. The Balaban J connectivity index is 3.43. The second kappa shape index (κ2) is 5.75. The summed E-state index contributed by atoms with van der Waals surface area (Å²) in [5.74, 6) is -0.983. The summed E-state index contributed by atoms with van der Waals surface area (Å²) >= 11 is 0. The van der Waals surface area contributed by atoms with E-state index in [9.17, 15) is 9.59 Å². The first kappa shape index (κ1) is 11.1. The van der Waals surface area contributed by atoms with E-state index in [1.54, 1.807) is 6.92 Å². The van der Waals surface area contributed by atoms with Crippen molar-refractivity contribution in [1.29, 1.82) is 0 Å². The molecule has 2 atom stereocenters. The van der Waals surface area contributed by atoms with Crippen LogP contribution < -0.4 is 0 Å². The van der Waals surface area contributed by atoms with Gasteiger partial charge in [0.2, 0.25) is 0 Å². The second-order valence-electron chi connectivity index (χ2n) is 3.28. The Kier molecular flexibility index (Phi) is 5.34. The van der Waals surface area contributed by atoms with E-state index in [-0.39, 0.29) is 11.8 Å². The molecule has 1 N–H and O–H groups in total. The fourth-order valence-corrected chi connectivity index (χ4v) is 0.938. The fourth-order valence-electron chi connectivity index (χ4n) is 0.938. The third kappa shape index (κ3) is 4.88. The molecule has 0 fully saturated rings. The first-order chi connectivity index (χ1) is 5.57. The normalized spacial score (nSPS) is 15.2. The molecule has 0 aliphatic carbocycles. The quantitative estimate of drug-likeness (QED) is 0.620. The Labute approximate surface area is 72.8 Å². The number of hydrogen-bond donors (Lipinski definition) is 1. The van der Waals surface area contributed by atoms with Crippen molar-refractivity contribution in [2.45, 2.75) is 33.1 Å². The lowest BCUT2D eigenvalue weighted by molar-refractivity contribution is -0.141. The highest BCUT2D eigenvalue weighted by Crippen LogP contribution is 2.11. The van der Waals surface area contributed by atoms with Gasteiger partial charge in [-0.05, 0) is 12.8 Å². The van der Waals surface area contributed by atoms with E-state index in [0.29, 0.717) is 6.42 Å². The lowest BCUT2D eigenvalue weighted by atomic mass is 10.00. The molecule has 0 aliphatic heterocycles. The van der Waals surface area contributed by atoms with E-state index < -0.39 is 5.97 Å². The summed E-state index contributed by atoms with van der Waals surface area (Å²) in [5, 5.41) is 8.53. The van der Waals surface area contributed by atoms with Crippen LogP contribution in [0.5, 0.6) is 0 Å². The van der Waals surface area contributed by atoms with Crippen LogP contribution in [-0.4, -0.2) is 17.4 Å². The molecule has 0 aromatic heterocycles. The molecule has 0 amide bonds. The van der Waals surface area contributed by atoms with Crippen molar-refractivity contribution in [1.82, 2.24) is 0 Å². The summed E-state index contributed by atoms with van der Waals surface area (Å²) < 4.78 is 0. The number of carboxylic acid groups (broad SMARTS) is 1. The highest BCUT2D eigenvalue weighted by atomic mass is 16.4. The number of aliphatic carboxylic acids is 1. The number of carbonyl (C=O) groups is 2. The number of rotatable bonds is 6. The van der Waals surface area contributed by atoms with Crippen molar-refractivity contribution in [3.05, 3.63) is 0 Å². The van der Waals surface area contributed by atoms with E-state index in [1.165, 1.54) is 0 Å². The van der Waals surface area contributed by atoms with Gasteiger partial charge in [-0.3, -0.25) is 4.79 Å². The number of carboxylic acids is 1. The van der Waals surface area contributed by atoms with Crippen LogP contribution in [0.25, 0.3) is 0 Å². The molecule has 0 spiro atoms. The van der Waals surface area contributed by atoms with E-state index in [4.69, 9.17) is 5.11 Å². The van der Waals surface area contributed by atoms with Crippen molar-refractivity contribution in [2.24, 2.45) is 11.8 Å². The lowest BCUT2D eigenvalue weighted by Gasteiger charge is -2.06. The molecule has 0 rings (SSSR count). The molecule has 70 valence electrons. The smallest absolute Gasteiger partial charge is 0.306 e. The van der Waals surface area contributed by atoms with Crippen LogP contribution in [-0.2, 0) is 9.59 Å². The fraction of sp³-hybridized carbons (Fsp3) is 0.778. The third-order valence-corrected chi connectivity index (χ3v) is 1.95. The molecule has 0 heterocycles. The maximum Gasteiger partial charge on any atom is 0.306 e. The highest BCUT2D eigenvalue weighted by molar-refractivity contribution is 5.69. The van der Waals surface area contributed by atoms with Gasteiger partial charge in [-0.15, -0.1) is 0 Å². The van der Waals surface area contributed by atoms with Gasteiger partial charge in [0.25, 0.3) is 0 Å². The number of hydrogen-bond acceptors (Lipinski definition) is 2. The van der Waals surface area contributed by atoms with Crippen molar-refractivity contribution in [3.63, 3.8) is 0 Å². The molecule has 0 aromatic rings. The summed E-state index contributed by atoms with van der Waals surface area (Å²) in [6.45, 7) is 3.53. The molecule has 0 saturated carbocycles. The molecule has 12 heavy (non-hydrogen) atoms. The summed E-state index contributed by atoms with van der Waals surface area (Å²) in [5.41, 5.74) is 0. The standard InChI is InChI=1S/C9H16O3/c1-7(6-10)4-3-5-8(2)9(11)12/h6-8H,3-5H2,1-2H3,(H,11,12). The summed E-state index contributed by atoms with van der Waals surface area (Å²) in [6, 6.07) is 0. The van der Waals surface area contributed by atoms with E-state index >= 15 is 0 Å². The van der Waals surface area contributed by atoms with Gasteiger partial charge in [-0.2, -0.15) is 0 Å². The average molecular weight is 172 g/mol. The SMILES string of the molecule is CC(C=O)CCCC(C)C(=O)O. The van der Waals surface area contributed by atoms with Gasteiger partial charge in [-0.25, -0.2) is 0 Å². The number of aldehydes is 1. The van der Waals surface area contributed by atoms with Crippen molar-refractivity contribution >= 4 is 12.3 Å². The molecular weight excluding hydrogens is 156 g/mol. The maximum absolute atomic E-state index is 10.4. The zero-order valence-electron chi connectivity index (χ0n) is 7.62. The average Bonchev–Trinajstić information content (AvgIpc) is 2.03. The van der Waals surface area contributed by atoms with Crippen LogP contribution in [0.15, 0.2) is 0 Å². The van der Waals surface area contributed by atoms with Crippen LogP contribution in [0.3, 0.4) is 0 Å². The maximum atomic E-state index is 10.4. The van der Waals surface area contributed by atoms with Gasteiger partial charge in [0.05, 0.1) is 5.92 Å². The molecule has 0 aromatic carbocycles. The molecule has 0 radical (unpaired) electrons. The molecule has 0 saturated heterocycles. The molecule has 0 aliphatic rings. The van der Waals surface area contributed by atoms with Crippen LogP contribution in [0.2, 0.25) is 0 Å². The Morgan fingerprint density at radius 1 is 1.42 bits per heavy atom. The Bertz CT molecular complexity index is 154. The van der Waals surface area contributed by atoms with Gasteiger partial charge in [-0.1, -0.05) is 20.3 Å². The predicted molar refractivity (Wildman–Crippen MR) is 45.9 cm³/mol. The van der Waals surface area contributed by atoms with Crippen LogP contribution in [0, 0.1) is 11.8 Å². The third-order valence-electron chi connectivity index (χ3n) is 1.95. The lowest BCUT2D eigenvalue weighted by Crippen LogP contribution is -2.09. The minimum Gasteiger partial charge on any atom is -0.481 e. The van der Waals surface area contributed by atoms with Gasteiger partial charge < -0.3 is 9.90 Å². The Hall–Kier alpha value is -0.860. The predicted octanol–water partition coefficient (Wildman–Crippen LogP) is 1.71. The first-order valence-electron chi connectivity index (χ1n) is 4.26. The van der Waals surface area contributed by atoms with Gasteiger partial charge >= 0.3 is 5.97 Å². The number of carbonyl (C=O) groups excluding carboxylic acids is 1. The van der Waals surface area contributed by atoms with E-state index in [1.807, 2.05) is 6.92 Å². The summed E-state index contributed by atoms with van der Waals surface area (Å²) in [7, 11) is 0. The van der Waals surface area contributed by atoms with Gasteiger partial charge in [0.15, 0.2) is 0 Å². The van der Waals surface area contributed by atoms with Crippen molar-refractivity contribution in [3.8, 4) is 0 Å². The molecule has 0 bridgehead atoms. The summed E-state index contributed by atoms with van der Waals surface area (Å²) in [4.78, 5) is 20.6. The Morgan fingerprint density at radius 2 is 2.00 bits per heavy atom.